The fourth-order valence-electron chi connectivity index (χ4n) is 1.68. The van der Waals surface area contributed by atoms with Gasteiger partial charge in [0.1, 0.15) is 5.75 Å². The van der Waals surface area contributed by atoms with Crippen molar-refractivity contribution in [2.75, 3.05) is 7.11 Å². The quantitative estimate of drug-likeness (QED) is 0.909. The third kappa shape index (κ3) is 3.22. The molecule has 0 saturated heterocycles. The molecule has 0 aliphatic heterocycles. The van der Waals surface area contributed by atoms with Crippen molar-refractivity contribution < 1.29 is 9.53 Å². The number of methoxy groups -OCH3 is 1. The van der Waals surface area contributed by atoms with Crippen LogP contribution in [0.3, 0.4) is 0 Å². The highest BCUT2D eigenvalue weighted by Crippen LogP contribution is 2.17. The Morgan fingerprint density at radius 1 is 1.05 bits per heavy atom. The second-order valence-corrected chi connectivity index (χ2v) is 4.03. The van der Waals surface area contributed by atoms with Crippen LogP contribution in [-0.2, 0) is 0 Å². The van der Waals surface area contributed by atoms with Crippen LogP contribution in [0.25, 0.3) is 5.70 Å². The Hall–Kier alpha value is -2.55. The summed E-state index contributed by atoms with van der Waals surface area (Å²) in [5.74, 6) is 0.557. The van der Waals surface area contributed by atoms with Crippen molar-refractivity contribution in [1.82, 2.24) is 5.32 Å². The van der Waals surface area contributed by atoms with Gasteiger partial charge in [0.15, 0.2) is 0 Å². The summed E-state index contributed by atoms with van der Waals surface area (Å²) >= 11 is 0. The molecule has 0 unspecified atom stereocenters. The Balaban J connectivity index is 2.11. The molecule has 0 aliphatic carbocycles. The zero-order chi connectivity index (χ0) is 13.7. The van der Waals surface area contributed by atoms with Crippen LogP contribution in [0.1, 0.15) is 15.9 Å². The van der Waals surface area contributed by atoms with E-state index in [0.717, 1.165) is 11.3 Å². The van der Waals surface area contributed by atoms with E-state index in [-0.39, 0.29) is 5.91 Å². The normalized spacial score (nSPS) is 9.74. The molecule has 3 nitrogen and oxygen atoms in total. The molecule has 0 heterocycles. The van der Waals surface area contributed by atoms with Crippen LogP contribution in [0.2, 0.25) is 0 Å². The molecule has 0 aliphatic rings. The lowest BCUT2D eigenvalue weighted by Crippen LogP contribution is -2.21. The Kier molecular flexibility index (Phi) is 3.98. The lowest BCUT2D eigenvalue weighted by atomic mass is 10.1. The van der Waals surface area contributed by atoms with E-state index < -0.39 is 0 Å². The number of rotatable bonds is 4. The molecule has 2 aromatic carbocycles. The van der Waals surface area contributed by atoms with Crippen molar-refractivity contribution in [2.24, 2.45) is 0 Å². The zero-order valence-corrected chi connectivity index (χ0v) is 10.7. The maximum atomic E-state index is 12.0. The molecular weight excluding hydrogens is 238 g/mol. The van der Waals surface area contributed by atoms with E-state index in [1.165, 1.54) is 0 Å². The second kappa shape index (κ2) is 5.87. The molecule has 2 rings (SSSR count). The zero-order valence-electron chi connectivity index (χ0n) is 10.7. The summed E-state index contributed by atoms with van der Waals surface area (Å²) in [4.78, 5) is 12.0. The Morgan fingerprint density at radius 2 is 1.74 bits per heavy atom. The smallest absolute Gasteiger partial charge is 0.255 e. The van der Waals surface area contributed by atoms with Crippen LogP contribution in [0.15, 0.2) is 61.2 Å². The number of nitrogens with one attached hydrogen (secondary N) is 1. The second-order valence-electron chi connectivity index (χ2n) is 4.03. The van der Waals surface area contributed by atoms with Crippen LogP contribution in [0.4, 0.5) is 0 Å². The molecule has 2 aromatic rings. The molecule has 19 heavy (non-hydrogen) atoms. The van der Waals surface area contributed by atoms with Crippen molar-refractivity contribution in [3.05, 3.63) is 72.3 Å². The molecule has 1 amide bonds. The van der Waals surface area contributed by atoms with Gasteiger partial charge in [0.2, 0.25) is 0 Å². The van der Waals surface area contributed by atoms with Crippen molar-refractivity contribution in [3.8, 4) is 5.75 Å². The molecule has 0 aromatic heterocycles. The minimum atomic E-state index is -0.173. The average molecular weight is 253 g/mol. The van der Waals surface area contributed by atoms with E-state index in [1.54, 1.807) is 19.2 Å². The number of amides is 1. The Labute approximate surface area is 112 Å². The van der Waals surface area contributed by atoms with Crippen molar-refractivity contribution in [2.45, 2.75) is 0 Å². The molecule has 1 N–H and O–H groups in total. The largest absolute Gasteiger partial charge is 0.497 e. The maximum Gasteiger partial charge on any atom is 0.255 e. The summed E-state index contributed by atoms with van der Waals surface area (Å²) in [6.45, 7) is 3.88. The third-order valence-electron chi connectivity index (χ3n) is 2.72. The van der Waals surface area contributed by atoms with Gasteiger partial charge in [-0.3, -0.25) is 4.79 Å². The van der Waals surface area contributed by atoms with Gasteiger partial charge in [0.25, 0.3) is 5.91 Å². The lowest BCUT2D eigenvalue weighted by Gasteiger charge is -2.09. The van der Waals surface area contributed by atoms with Gasteiger partial charge in [0.05, 0.1) is 7.11 Å². The third-order valence-corrected chi connectivity index (χ3v) is 2.72. The standard InChI is InChI=1S/C16H15NO2/c1-12(14-9-6-10-15(11-14)19-2)17-16(18)13-7-4-3-5-8-13/h3-11H,1H2,2H3,(H,17,18). The van der Waals surface area contributed by atoms with Gasteiger partial charge < -0.3 is 10.1 Å². The average Bonchev–Trinajstić information content (AvgIpc) is 2.48. The summed E-state index contributed by atoms with van der Waals surface area (Å²) < 4.78 is 5.14. The first kappa shape index (κ1) is 12.9. The molecule has 3 heteroatoms. The summed E-state index contributed by atoms with van der Waals surface area (Å²) in [7, 11) is 1.60. The van der Waals surface area contributed by atoms with Gasteiger partial charge in [-0.25, -0.2) is 0 Å². The van der Waals surface area contributed by atoms with Crippen LogP contribution < -0.4 is 10.1 Å². The van der Waals surface area contributed by atoms with E-state index in [4.69, 9.17) is 4.74 Å². The topological polar surface area (TPSA) is 38.3 Å². The Morgan fingerprint density at radius 3 is 2.42 bits per heavy atom. The molecule has 0 bridgehead atoms. The van der Waals surface area contributed by atoms with Gasteiger partial charge in [-0.05, 0) is 24.3 Å². The van der Waals surface area contributed by atoms with E-state index in [2.05, 4.69) is 11.9 Å². The summed E-state index contributed by atoms with van der Waals surface area (Å²) in [6.07, 6.45) is 0. The summed E-state index contributed by atoms with van der Waals surface area (Å²) in [6, 6.07) is 16.4. The fraction of sp³-hybridized carbons (Fsp3) is 0.0625. The first-order valence-corrected chi connectivity index (χ1v) is 5.90. The molecule has 0 atom stereocenters. The van der Waals surface area contributed by atoms with Crippen LogP contribution in [0.5, 0.6) is 5.75 Å². The minimum absolute atomic E-state index is 0.173. The lowest BCUT2D eigenvalue weighted by molar-refractivity contribution is 0.0974. The molecule has 0 saturated carbocycles. The van der Waals surface area contributed by atoms with Crippen molar-refractivity contribution >= 4 is 11.6 Å². The number of hydrogen-bond acceptors (Lipinski definition) is 2. The van der Waals surface area contributed by atoms with Gasteiger partial charge in [-0.15, -0.1) is 0 Å². The molecule has 96 valence electrons. The number of carbonyl (C=O) groups excluding carboxylic acids is 1. The molecular formula is C16H15NO2. The van der Waals surface area contributed by atoms with Crippen molar-refractivity contribution in [3.63, 3.8) is 0 Å². The van der Waals surface area contributed by atoms with Crippen LogP contribution in [0, 0.1) is 0 Å². The predicted molar refractivity (Wildman–Crippen MR) is 75.9 cm³/mol. The molecule has 0 fully saturated rings. The van der Waals surface area contributed by atoms with Crippen molar-refractivity contribution in [1.29, 1.82) is 0 Å². The van der Waals surface area contributed by atoms with E-state index >= 15 is 0 Å². The molecule has 0 radical (unpaired) electrons. The highest BCUT2D eigenvalue weighted by atomic mass is 16.5. The first-order chi connectivity index (χ1) is 9.20. The number of benzene rings is 2. The van der Waals surface area contributed by atoms with Gasteiger partial charge in [0, 0.05) is 16.8 Å². The number of hydrogen-bond donors (Lipinski definition) is 1. The fourth-order valence-corrected chi connectivity index (χ4v) is 1.68. The van der Waals surface area contributed by atoms with E-state index in [1.807, 2.05) is 42.5 Å². The highest BCUT2D eigenvalue weighted by Gasteiger charge is 2.07. The van der Waals surface area contributed by atoms with Crippen LogP contribution in [-0.4, -0.2) is 13.0 Å². The van der Waals surface area contributed by atoms with Gasteiger partial charge in [-0.2, -0.15) is 0 Å². The van der Waals surface area contributed by atoms with Crippen LogP contribution >= 0.6 is 0 Å². The van der Waals surface area contributed by atoms with E-state index in [0.29, 0.717) is 11.3 Å². The maximum absolute atomic E-state index is 12.0. The summed E-state index contributed by atoms with van der Waals surface area (Å²) in [5.41, 5.74) is 1.97. The highest BCUT2D eigenvalue weighted by molar-refractivity contribution is 5.99. The SMILES string of the molecule is C=C(NC(=O)c1ccccc1)c1cccc(OC)c1. The number of ether oxygens (including phenoxy) is 1. The first-order valence-electron chi connectivity index (χ1n) is 5.90. The molecule has 0 spiro atoms. The van der Waals surface area contributed by atoms with Gasteiger partial charge in [-0.1, -0.05) is 36.9 Å². The van der Waals surface area contributed by atoms with E-state index in [9.17, 15) is 4.79 Å². The predicted octanol–water partition coefficient (Wildman–Crippen LogP) is 3.10. The number of carbonyl (C=O) groups is 1. The monoisotopic (exact) mass is 253 g/mol. The summed E-state index contributed by atoms with van der Waals surface area (Å²) in [5, 5.41) is 2.77. The van der Waals surface area contributed by atoms with Gasteiger partial charge >= 0.3 is 0 Å². The Bertz CT molecular complexity index is 591. The minimum Gasteiger partial charge on any atom is -0.497 e.